The predicted octanol–water partition coefficient (Wildman–Crippen LogP) is 3.57. The highest BCUT2D eigenvalue weighted by molar-refractivity contribution is 5.87. The molecule has 5 aliphatic carbocycles. The maximum atomic E-state index is 12.4. The third-order valence-corrected chi connectivity index (χ3v) is 9.28. The molecule has 0 bridgehead atoms. The highest BCUT2D eigenvalue weighted by atomic mass is 16.3. The van der Waals surface area contributed by atoms with E-state index in [9.17, 15) is 9.90 Å². The topological polar surface area (TPSA) is 37.3 Å². The summed E-state index contributed by atoms with van der Waals surface area (Å²) in [5.74, 6) is 3.28. The highest BCUT2D eigenvalue weighted by Crippen LogP contribution is 2.81. The zero-order valence-corrected chi connectivity index (χ0v) is 13.4. The van der Waals surface area contributed by atoms with E-state index in [1.54, 1.807) is 0 Å². The highest BCUT2D eigenvalue weighted by Gasteiger charge is 2.77. The fourth-order valence-electron chi connectivity index (χ4n) is 8.08. The van der Waals surface area contributed by atoms with E-state index in [0.29, 0.717) is 23.0 Å². The van der Waals surface area contributed by atoms with Crippen molar-refractivity contribution in [3.05, 3.63) is 0 Å². The first-order valence-corrected chi connectivity index (χ1v) is 9.15. The van der Waals surface area contributed by atoms with Crippen LogP contribution in [0.2, 0.25) is 0 Å². The van der Waals surface area contributed by atoms with Crippen molar-refractivity contribution in [2.75, 3.05) is 0 Å². The van der Waals surface area contributed by atoms with E-state index in [1.807, 2.05) is 0 Å². The summed E-state index contributed by atoms with van der Waals surface area (Å²) in [6.45, 7) is 4.73. The molecule has 0 radical (unpaired) electrons. The third kappa shape index (κ3) is 1.22. The molecule has 0 heterocycles. The minimum atomic E-state index is -0.0886. The molecular weight excluding hydrogens is 260 g/mol. The lowest BCUT2D eigenvalue weighted by Crippen LogP contribution is -2.56. The lowest BCUT2D eigenvalue weighted by Gasteiger charge is -2.59. The molecule has 2 heteroatoms. The average molecular weight is 288 g/mol. The Bertz CT molecular complexity index is 528. The first-order valence-electron chi connectivity index (χ1n) is 9.15. The molecule has 1 N–H and O–H groups in total. The Morgan fingerprint density at radius 1 is 1.10 bits per heavy atom. The molecule has 5 fully saturated rings. The van der Waals surface area contributed by atoms with Crippen LogP contribution < -0.4 is 0 Å². The van der Waals surface area contributed by atoms with Gasteiger partial charge in [-0.25, -0.2) is 0 Å². The summed E-state index contributed by atoms with van der Waals surface area (Å²) in [6.07, 6.45) is 9.10. The molecule has 0 saturated heterocycles. The van der Waals surface area contributed by atoms with Crippen LogP contribution in [0.15, 0.2) is 0 Å². The number of carbonyl (C=O) groups excluding carboxylic acids is 1. The second-order valence-electron chi connectivity index (χ2n) is 9.44. The first-order chi connectivity index (χ1) is 9.93. The summed E-state index contributed by atoms with van der Waals surface area (Å²) in [6, 6.07) is 0. The van der Waals surface area contributed by atoms with E-state index in [-0.39, 0.29) is 16.9 Å². The lowest BCUT2D eigenvalue weighted by molar-refractivity contribution is -0.154. The van der Waals surface area contributed by atoms with Crippen molar-refractivity contribution < 1.29 is 9.90 Å². The number of fused-ring (bicyclic) bond motifs is 4. The van der Waals surface area contributed by atoms with E-state index < -0.39 is 0 Å². The molecule has 0 aliphatic heterocycles. The third-order valence-electron chi connectivity index (χ3n) is 9.28. The molecule has 1 spiro atoms. The van der Waals surface area contributed by atoms with Crippen molar-refractivity contribution >= 4 is 5.78 Å². The van der Waals surface area contributed by atoms with Gasteiger partial charge in [0.05, 0.1) is 6.10 Å². The normalized spacial score (nSPS) is 64.5. The minimum Gasteiger partial charge on any atom is -0.393 e. The van der Waals surface area contributed by atoms with Gasteiger partial charge < -0.3 is 5.11 Å². The van der Waals surface area contributed by atoms with Crippen LogP contribution in [0.3, 0.4) is 0 Å². The Kier molecular flexibility index (Phi) is 2.23. The second kappa shape index (κ2) is 3.58. The molecule has 7 unspecified atom stereocenters. The van der Waals surface area contributed by atoms with Gasteiger partial charge >= 0.3 is 0 Å². The Balaban J connectivity index is 1.57. The van der Waals surface area contributed by atoms with E-state index >= 15 is 0 Å². The first kappa shape index (κ1) is 13.1. The van der Waals surface area contributed by atoms with Crippen LogP contribution in [0.4, 0.5) is 0 Å². The summed E-state index contributed by atoms with van der Waals surface area (Å²) in [7, 11) is 0. The van der Waals surface area contributed by atoms with Crippen LogP contribution in [-0.2, 0) is 4.79 Å². The molecule has 21 heavy (non-hydrogen) atoms. The number of rotatable bonds is 0. The van der Waals surface area contributed by atoms with Crippen LogP contribution >= 0.6 is 0 Å². The Hall–Kier alpha value is -0.370. The second-order valence-corrected chi connectivity index (χ2v) is 9.44. The van der Waals surface area contributed by atoms with Crippen molar-refractivity contribution in [3.8, 4) is 0 Å². The van der Waals surface area contributed by atoms with Crippen LogP contribution in [0.25, 0.3) is 0 Å². The van der Waals surface area contributed by atoms with E-state index in [1.165, 1.54) is 25.7 Å². The fourth-order valence-corrected chi connectivity index (χ4v) is 8.08. The van der Waals surface area contributed by atoms with Gasteiger partial charge in [0.25, 0.3) is 0 Å². The Morgan fingerprint density at radius 2 is 1.90 bits per heavy atom. The fraction of sp³-hybridized carbons (Fsp3) is 0.947. The van der Waals surface area contributed by atoms with Gasteiger partial charge in [0, 0.05) is 17.3 Å². The molecule has 0 amide bonds. The van der Waals surface area contributed by atoms with Crippen LogP contribution in [-0.4, -0.2) is 17.0 Å². The van der Waals surface area contributed by atoms with Gasteiger partial charge in [0.1, 0.15) is 5.78 Å². The summed E-state index contributed by atoms with van der Waals surface area (Å²) < 4.78 is 0. The molecule has 5 rings (SSSR count). The molecule has 8 atom stereocenters. The number of carbonyl (C=O) groups is 1. The monoisotopic (exact) mass is 288 g/mol. The minimum absolute atomic E-state index is 0.0523. The van der Waals surface area contributed by atoms with Crippen molar-refractivity contribution in [3.63, 3.8) is 0 Å². The van der Waals surface area contributed by atoms with Gasteiger partial charge in [-0.15, -0.1) is 0 Å². The van der Waals surface area contributed by atoms with E-state index in [4.69, 9.17) is 0 Å². The smallest absolute Gasteiger partial charge is 0.139 e. The molecule has 2 nitrogen and oxygen atoms in total. The van der Waals surface area contributed by atoms with Crippen molar-refractivity contribution in [1.29, 1.82) is 0 Å². The quantitative estimate of drug-likeness (QED) is 0.740. The van der Waals surface area contributed by atoms with Gasteiger partial charge in [-0.05, 0) is 74.0 Å². The Morgan fingerprint density at radius 3 is 2.67 bits per heavy atom. The van der Waals surface area contributed by atoms with Gasteiger partial charge in [-0.3, -0.25) is 4.79 Å². The molecule has 116 valence electrons. The van der Waals surface area contributed by atoms with Crippen molar-refractivity contribution in [2.45, 2.75) is 71.3 Å². The average Bonchev–Trinajstić information content (AvgIpc) is 3.01. The van der Waals surface area contributed by atoms with E-state index in [0.717, 1.165) is 37.5 Å². The number of Topliss-reactive ketones (excluding diaryl/α,β-unsaturated/α-hetero) is 1. The standard InChI is InChI=1S/C19H28O2/c1-17-7-6-14-12(13(17)3-4-15(17)20)9-16(21)19-10-11(19)5-8-18(14,19)2/h11-14,16,21H,3-10H2,1-2H3/t11-,12?,13?,14?,16?,17?,18?,19?/m1/s1. The molecule has 0 aromatic rings. The summed E-state index contributed by atoms with van der Waals surface area (Å²) in [5.41, 5.74) is 0.598. The molecular formula is C19H28O2. The number of aliphatic hydroxyl groups excluding tert-OH is 1. The van der Waals surface area contributed by atoms with E-state index in [2.05, 4.69) is 13.8 Å². The summed E-state index contributed by atoms with van der Waals surface area (Å²) >= 11 is 0. The van der Waals surface area contributed by atoms with Crippen molar-refractivity contribution in [1.82, 2.24) is 0 Å². The maximum Gasteiger partial charge on any atom is 0.139 e. The summed E-state index contributed by atoms with van der Waals surface area (Å²) in [4.78, 5) is 12.4. The van der Waals surface area contributed by atoms with Gasteiger partial charge in [0.2, 0.25) is 0 Å². The maximum absolute atomic E-state index is 12.4. The SMILES string of the molecule is CC12CCC3C(CC(O)C45C[C@H]4CCC35C)C1CCC2=O. The number of aliphatic hydroxyl groups is 1. The van der Waals surface area contributed by atoms with Crippen molar-refractivity contribution in [2.24, 2.45) is 39.9 Å². The molecule has 0 aromatic carbocycles. The zero-order valence-electron chi connectivity index (χ0n) is 13.4. The van der Waals surface area contributed by atoms with Gasteiger partial charge in [-0.2, -0.15) is 0 Å². The Labute approximate surface area is 127 Å². The van der Waals surface area contributed by atoms with Crippen LogP contribution in [0, 0.1) is 39.9 Å². The summed E-state index contributed by atoms with van der Waals surface area (Å²) in [5, 5.41) is 11.0. The zero-order chi connectivity index (χ0) is 14.6. The van der Waals surface area contributed by atoms with Gasteiger partial charge in [-0.1, -0.05) is 13.8 Å². The van der Waals surface area contributed by atoms with Crippen LogP contribution in [0.1, 0.15) is 65.2 Å². The number of hydrogen-bond donors (Lipinski definition) is 1. The number of ketones is 1. The molecule has 5 aliphatic rings. The lowest BCUT2D eigenvalue weighted by atomic mass is 9.46. The largest absolute Gasteiger partial charge is 0.393 e. The molecule has 0 aromatic heterocycles. The number of hydrogen-bond acceptors (Lipinski definition) is 2. The van der Waals surface area contributed by atoms with Crippen LogP contribution in [0.5, 0.6) is 0 Å². The van der Waals surface area contributed by atoms with Gasteiger partial charge in [0.15, 0.2) is 0 Å². The predicted molar refractivity (Wildman–Crippen MR) is 80.6 cm³/mol. The molecule has 5 saturated carbocycles.